The third-order valence-corrected chi connectivity index (χ3v) is 5.02. The highest BCUT2D eigenvalue weighted by molar-refractivity contribution is 5.69. The highest BCUT2D eigenvalue weighted by atomic mass is 16.5. The van der Waals surface area contributed by atoms with Gasteiger partial charge in [-0.1, -0.05) is 70.6 Å². The number of aryl methyl sites for hydroxylation is 3. The summed E-state index contributed by atoms with van der Waals surface area (Å²) >= 11 is 0. The number of carbonyl (C=O) groups is 1. The lowest BCUT2D eigenvalue weighted by Crippen LogP contribution is -2.04. The molecule has 1 rings (SSSR count). The van der Waals surface area contributed by atoms with Crippen molar-refractivity contribution in [3.05, 3.63) is 34.9 Å². The van der Waals surface area contributed by atoms with Gasteiger partial charge in [-0.3, -0.25) is 4.79 Å². The molecule has 0 unspecified atom stereocenters. The molecule has 148 valence electrons. The number of ether oxygens (including phenoxy) is 1. The van der Waals surface area contributed by atoms with Crippen LogP contribution in [0.4, 0.5) is 0 Å². The lowest BCUT2D eigenvalue weighted by atomic mass is 9.93. The first-order valence-electron chi connectivity index (χ1n) is 11.0. The minimum absolute atomic E-state index is 0.0696. The summed E-state index contributed by atoms with van der Waals surface area (Å²) in [5.74, 6) is -0.0696. The normalized spacial score (nSPS) is 10.9. The molecule has 0 aromatic heterocycles. The molecule has 0 radical (unpaired) electrons. The van der Waals surface area contributed by atoms with Crippen molar-refractivity contribution in [2.24, 2.45) is 0 Å². The van der Waals surface area contributed by atoms with Crippen molar-refractivity contribution >= 4 is 5.97 Å². The number of carbonyl (C=O) groups excluding carboxylic acids is 1. The maximum absolute atomic E-state index is 11.5. The predicted molar refractivity (Wildman–Crippen MR) is 112 cm³/mol. The Labute approximate surface area is 161 Å². The number of hydrogen-bond acceptors (Lipinski definition) is 2. The van der Waals surface area contributed by atoms with E-state index in [2.05, 4.69) is 32.0 Å². The number of esters is 1. The molecule has 1 aromatic rings. The van der Waals surface area contributed by atoms with Gasteiger partial charge in [0.25, 0.3) is 0 Å². The zero-order chi connectivity index (χ0) is 19.0. The molecule has 0 atom stereocenters. The second-order valence-electron chi connectivity index (χ2n) is 7.38. The summed E-state index contributed by atoms with van der Waals surface area (Å²) in [5.41, 5.74) is 4.47. The van der Waals surface area contributed by atoms with E-state index in [0.29, 0.717) is 13.0 Å². The molecule has 0 bridgehead atoms. The van der Waals surface area contributed by atoms with Crippen LogP contribution in [0.3, 0.4) is 0 Å². The van der Waals surface area contributed by atoms with Gasteiger partial charge in [-0.2, -0.15) is 0 Å². The average Bonchev–Trinajstić information content (AvgIpc) is 2.64. The van der Waals surface area contributed by atoms with Gasteiger partial charge in [-0.05, 0) is 62.1 Å². The van der Waals surface area contributed by atoms with Crippen molar-refractivity contribution in [1.29, 1.82) is 0 Å². The zero-order valence-corrected chi connectivity index (χ0v) is 17.4. The van der Waals surface area contributed by atoms with Gasteiger partial charge in [0.15, 0.2) is 0 Å². The van der Waals surface area contributed by atoms with Crippen LogP contribution < -0.4 is 0 Å². The molecule has 0 aliphatic carbocycles. The molecule has 0 saturated heterocycles. The Hall–Kier alpha value is -1.31. The van der Waals surface area contributed by atoms with Gasteiger partial charge in [0.2, 0.25) is 0 Å². The molecule has 0 saturated carbocycles. The van der Waals surface area contributed by atoms with Gasteiger partial charge in [0.1, 0.15) is 0 Å². The summed E-state index contributed by atoms with van der Waals surface area (Å²) in [6.07, 6.45) is 15.3. The molecular weight excluding hydrogens is 320 g/mol. The quantitative estimate of drug-likeness (QED) is 0.253. The van der Waals surface area contributed by atoms with E-state index in [1.807, 2.05) is 6.92 Å². The second kappa shape index (κ2) is 14.8. The van der Waals surface area contributed by atoms with Crippen molar-refractivity contribution in [1.82, 2.24) is 0 Å². The van der Waals surface area contributed by atoms with E-state index in [1.165, 1.54) is 69.8 Å². The fourth-order valence-corrected chi connectivity index (χ4v) is 3.47. The SMILES string of the molecule is CCCCCCc1ccc(CCCC(=O)OCC)cc1CCCCCC. The molecule has 0 heterocycles. The van der Waals surface area contributed by atoms with Crippen LogP contribution >= 0.6 is 0 Å². The molecule has 26 heavy (non-hydrogen) atoms. The smallest absolute Gasteiger partial charge is 0.305 e. The van der Waals surface area contributed by atoms with Gasteiger partial charge in [0.05, 0.1) is 6.61 Å². The Balaban J connectivity index is 2.60. The average molecular weight is 361 g/mol. The number of hydrogen-bond donors (Lipinski definition) is 0. The van der Waals surface area contributed by atoms with Crippen molar-refractivity contribution in [3.63, 3.8) is 0 Å². The Morgan fingerprint density at radius 2 is 1.42 bits per heavy atom. The molecule has 0 amide bonds. The van der Waals surface area contributed by atoms with E-state index in [1.54, 1.807) is 11.1 Å². The van der Waals surface area contributed by atoms with Gasteiger partial charge in [-0.15, -0.1) is 0 Å². The first-order valence-corrected chi connectivity index (χ1v) is 11.0. The largest absolute Gasteiger partial charge is 0.466 e. The Bertz CT molecular complexity index is 493. The van der Waals surface area contributed by atoms with E-state index in [4.69, 9.17) is 4.74 Å². The van der Waals surface area contributed by atoms with Gasteiger partial charge < -0.3 is 4.74 Å². The monoisotopic (exact) mass is 360 g/mol. The van der Waals surface area contributed by atoms with E-state index in [0.717, 1.165) is 12.8 Å². The third-order valence-electron chi connectivity index (χ3n) is 5.02. The Morgan fingerprint density at radius 1 is 0.769 bits per heavy atom. The fraction of sp³-hybridized carbons (Fsp3) is 0.708. The Morgan fingerprint density at radius 3 is 2.04 bits per heavy atom. The molecule has 1 aromatic carbocycles. The number of rotatable bonds is 15. The molecule has 2 nitrogen and oxygen atoms in total. The minimum atomic E-state index is -0.0696. The predicted octanol–water partition coefficient (Wildman–Crippen LogP) is 6.82. The lowest BCUT2D eigenvalue weighted by Gasteiger charge is -2.12. The number of unbranched alkanes of at least 4 members (excludes halogenated alkanes) is 6. The van der Waals surface area contributed by atoms with Crippen LogP contribution in [0, 0.1) is 0 Å². The van der Waals surface area contributed by atoms with Crippen LogP contribution in [0.2, 0.25) is 0 Å². The van der Waals surface area contributed by atoms with Crippen molar-refractivity contribution in [2.45, 2.75) is 104 Å². The summed E-state index contributed by atoms with van der Waals surface area (Å²) < 4.78 is 5.02. The highest BCUT2D eigenvalue weighted by Crippen LogP contribution is 2.20. The zero-order valence-electron chi connectivity index (χ0n) is 17.4. The van der Waals surface area contributed by atoms with E-state index < -0.39 is 0 Å². The second-order valence-corrected chi connectivity index (χ2v) is 7.38. The van der Waals surface area contributed by atoms with Crippen LogP contribution in [0.15, 0.2) is 18.2 Å². The molecule has 0 fully saturated rings. The summed E-state index contributed by atoms with van der Waals surface area (Å²) in [5, 5.41) is 0. The van der Waals surface area contributed by atoms with Gasteiger partial charge in [-0.25, -0.2) is 0 Å². The molecule has 0 N–H and O–H groups in total. The van der Waals surface area contributed by atoms with E-state index in [9.17, 15) is 4.79 Å². The van der Waals surface area contributed by atoms with Crippen LogP contribution in [0.1, 0.15) is 102 Å². The Kier molecular flexibility index (Phi) is 13.0. The maximum atomic E-state index is 11.5. The topological polar surface area (TPSA) is 26.3 Å². The first-order chi connectivity index (χ1) is 12.7. The summed E-state index contributed by atoms with van der Waals surface area (Å²) in [4.78, 5) is 11.5. The molecule has 0 aliphatic heterocycles. The summed E-state index contributed by atoms with van der Waals surface area (Å²) in [6.45, 7) is 6.88. The summed E-state index contributed by atoms with van der Waals surface area (Å²) in [7, 11) is 0. The van der Waals surface area contributed by atoms with Crippen LogP contribution in [-0.4, -0.2) is 12.6 Å². The van der Waals surface area contributed by atoms with Gasteiger partial charge in [0, 0.05) is 6.42 Å². The van der Waals surface area contributed by atoms with Gasteiger partial charge >= 0.3 is 5.97 Å². The molecular formula is C24H40O2. The molecule has 0 aliphatic rings. The van der Waals surface area contributed by atoms with Crippen molar-refractivity contribution in [2.75, 3.05) is 6.61 Å². The lowest BCUT2D eigenvalue weighted by molar-refractivity contribution is -0.143. The summed E-state index contributed by atoms with van der Waals surface area (Å²) in [6, 6.07) is 7.03. The third kappa shape index (κ3) is 9.99. The molecule has 2 heteroatoms. The highest BCUT2D eigenvalue weighted by Gasteiger charge is 2.07. The standard InChI is InChI=1S/C24H40O2/c1-4-7-9-11-15-22-19-18-21(14-13-17-24(25)26-6-3)20-23(22)16-12-10-8-5-2/h18-20H,4-17H2,1-3H3. The first kappa shape index (κ1) is 22.7. The van der Waals surface area contributed by atoms with Crippen LogP contribution in [-0.2, 0) is 28.8 Å². The fourth-order valence-electron chi connectivity index (χ4n) is 3.47. The van der Waals surface area contributed by atoms with Crippen LogP contribution in [0.25, 0.3) is 0 Å². The van der Waals surface area contributed by atoms with Crippen LogP contribution in [0.5, 0.6) is 0 Å². The van der Waals surface area contributed by atoms with Crippen molar-refractivity contribution < 1.29 is 9.53 Å². The molecule has 0 spiro atoms. The minimum Gasteiger partial charge on any atom is -0.466 e. The van der Waals surface area contributed by atoms with Crippen molar-refractivity contribution in [3.8, 4) is 0 Å². The maximum Gasteiger partial charge on any atom is 0.305 e. The van der Waals surface area contributed by atoms with E-state index >= 15 is 0 Å². The van der Waals surface area contributed by atoms with E-state index in [-0.39, 0.29) is 5.97 Å². The number of benzene rings is 1.